The summed E-state index contributed by atoms with van der Waals surface area (Å²) >= 11 is 0. The molecule has 0 spiro atoms. The predicted molar refractivity (Wildman–Crippen MR) is 67.4 cm³/mol. The van der Waals surface area contributed by atoms with Gasteiger partial charge in [0.2, 0.25) is 10.4 Å². The van der Waals surface area contributed by atoms with Gasteiger partial charge in [-0.1, -0.05) is 52.4 Å². The largest absolute Gasteiger partial charge is 1.00 e. The molecule has 0 fully saturated rings. The van der Waals surface area contributed by atoms with Crippen LogP contribution >= 0.6 is 0 Å². The molecule has 0 aliphatic heterocycles. The van der Waals surface area contributed by atoms with Gasteiger partial charge in [0.05, 0.1) is 6.61 Å². The summed E-state index contributed by atoms with van der Waals surface area (Å²) in [5.41, 5.74) is 0. The molecule has 0 heterocycles. The second-order valence-corrected chi connectivity index (χ2v) is 5.73. The fourth-order valence-electron chi connectivity index (χ4n) is 1.83. The maximum atomic E-state index is 10.2. The smallest absolute Gasteiger partial charge is 0.726 e. The zero-order valence-electron chi connectivity index (χ0n) is 12.0. The number of rotatable bonds is 11. The Morgan fingerprint density at radius 3 is 2.17 bits per heavy atom. The van der Waals surface area contributed by atoms with Crippen molar-refractivity contribution in [2.75, 3.05) is 6.61 Å². The van der Waals surface area contributed by atoms with Gasteiger partial charge in [-0.2, -0.15) is 0 Å². The van der Waals surface area contributed by atoms with Crippen LogP contribution in [0.3, 0.4) is 0 Å². The molecule has 6 heteroatoms. The van der Waals surface area contributed by atoms with E-state index in [9.17, 15) is 13.0 Å². The summed E-state index contributed by atoms with van der Waals surface area (Å²) in [6, 6.07) is 0. The summed E-state index contributed by atoms with van der Waals surface area (Å²) in [7, 11) is -4.50. The molecule has 4 nitrogen and oxygen atoms in total. The normalized spacial score (nSPS) is 13.1. The van der Waals surface area contributed by atoms with E-state index in [4.69, 9.17) is 0 Å². The third-order valence-electron chi connectivity index (χ3n) is 2.87. The Balaban J connectivity index is 0. The summed E-state index contributed by atoms with van der Waals surface area (Å²) in [6.07, 6.45) is 9.13. The maximum absolute atomic E-state index is 10.2. The Morgan fingerprint density at radius 2 is 1.61 bits per heavy atom. The van der Waals surface area contributed by atoms with E-state index in [1.54, 1.807) is 0 Å². The van der Waals surface area contributed by atoms with Crippen LogP contribution < -0.4 is 29.6 Å². The van der Waals surface area contributed by atoms with Crippen molar-refractivity contribution < 1.29 is 46.7 Å². The predicted octanol–water partition coefficient (Wildman–Crippen LogP) is 0.244. The Morgan fingerprint density at radius 1 is 1.06 bits per heavy atom. The standard InChI is InChI=1S/C12H26O4S.Na/c1-3-4-5-6-7-9-12(2)10-8-11-16-17(13,14)15;/h12H,3-11H2,1-2H3,(H,13,14,15);/q;+1/p-1. The van der Waals surface area contributed by atoms with Gasteiger partial charge in [-0.15, -0.1) is 0 Å². The molecular weight excluding hydrogens is 263 g/mol. The van der Waals surface area contributed by atoms with E-state index in [-0.39, 0.29) is 36.2 Å². The molecule has 0 saturated heterocycles. The molecule has 104 valence electrons. The van der Waals surface area contributed by atoms with Gasteiger partial charge < -0.3 is 4.55 Å². The van der Waals surface area contributed by atoms with Crippen molar-refractivity contribution in [2.24, 2.45) is 5.92 Å². The quantitative estimate of drug-likeness (QED) is 0.236. The average Bonchev–Trinajstić information content (AvgIpc) is 2.23. The molecule has 18 heavy (non-hydrogen) atoms. The number of hydrogen-bond acceptors (Lipinski definition) is 4. The second-order valence-electron chi connectivity index (χ2n) is 4.68. The zero-order chi connectivity index (χ0) is 13.1. The van der Waals surface area contributed by atoms with Crippen molar-refractivity contribution in [1.29, 1.82) is 0 Å². The second kappa shape index (κ2) is 12.9. The Hall–Kier alpha value is 0.870. The van der Waals surface area contributed by atoms with E-state index >= 15 is 0 Å². The minimum absolute atomic E-state index is 0. The van der Waals surface area contributed by atoms with Gasteiger partial charge in [-0.05, 0) is 18.8 Å². The van der Waals surface area contributed by atoms with Gasteiger partial charge in [0.1, 0.15) is 0 Å². The summed E-state index contributed by atoms with van der Waals surface area (Å²) in [5, 5.41) is 0. The van der Waals surface area contributed by atoms with Crippen molar-refractivity contribution in [2.45, 2.75) is 65.2 Å². The fourth-order valence-corrected chi connectivity index (χ4v) is 2.16. The summed E-state index contributed by atoms with van der Waals surface area (Å²) < 4.78 is 34.7. The number of hydrogen-bond donors (Lipinski definition) is 0. The molecule has 0 N–H and O–H groups in total. The monoisotopic (exact) mass is 288 g/mol. The van der Waals surface area contributed by atoms with Crippen molar-refractivity contribution in [3.63, 3.8) is 0 Å². The maximum Gasteiger partial charge on any atom is 1.00 e. The third kappa shape index (κ3) is 16.9. The van der Waals surface area contributed by atoms with Crippen LogP contribution in [0.4, 0.5) is 0 Å². The summed E-state index contributed by atoms with van der Waals surface area (Å²) in [5.74, 6) is 0.578. The molecule has 0 rings (SSSR count). The molecule has 0 bridgehead atoms. The number of unbranched alkanes of at least 4 members (excludes halogenated alkanes) is 4. The van der Waals surface area contributed by atoms with Gasteiger partial charge in [0.15, 0.2) is 0 Å². The first kappa shape index (κ1) is 21.2. The van der Waals surface area contributed by atoms with Gasteiger partial charge in [0.25, 0.3) is 0 Å². The molecule has 0 aromatic heterocycles. The topological polar surface area (TPSA) is 66.4 Å². The molecule has 1 atom stereocenters. The minimum Gasteiger partial charge on any atom is -0.726 e. The van der Waals surface area contributed by atoms with Crippen LogP contribution in [0.25, 0.3) is 0 Å². The SMILES string of the molecule is CCCCCCCC(C)CCCOS(=O)(=O)[O-].[Na+]. The van der Waals surface area contributed by atoms with Crippen LogP contribution in [-0.2, 0) is 14.6 Å². The molecule has 0 aliphatic rings. The Labute approximate surface area is 134 Å². The van der Waals surface area contributed by atoms with Crippen LogP contribution in [0.15, 0.2) is 0 Å². The molecule has 0 saturated carbocycles. The first-order chi connectivity index (χ1) is 7.95. The van der Waals surface area contributed by atoms with E-state index in [0.717, 1.165) is 6.42 Å². The Bertz CT molecular complexity index is 267. The fraction of sp³-hybridized carbons (Fsp3) is 1.00. The van der Waals surface area contributed by atoms with Gasteiger partial charge in [0, 0.05) is 0 Å². The van der Waals surface area contributed by atoms with Crippen molar-refractivity contribution in [3.8, 4) is 0 Å². The van der Waals surface area contributed by atoms with Crippen molar-refractivity contribution in [3.05, 3.63) is 0 Å². The molecule has 0 aliphatic carbocycles. The van der Waals surface area contributed by atoms with Crippen molar-refractivity contribution in [1.82, 2.24) is 0 Å². The first-order valence-electron chi connectivity index (χ1n) is 6.56. The zero-order valence-corrected chi connectivity index (χ0v) is 14.8. The van der Waals surface area contributed by atoms with E-state index < -0.39 is 10.4 Å². The Kier molecular flexibility index (Phi) is 15.2. The molecule has 0 aromatic carbocycles. The third-order valence-corrected chi connectivity index (χ3v) is 3.32. The average molecular weight is 288 g/mol. The molecule has 0 amide bonds. The van der Waals surface area contributed by atoms with E-state index in [0.29, 0.717) is 12.3 Å². The van der Waals surface area contributed by atoms with Crippen LogP contribution in [-0.4, -0.2) is 19.6 Å². The first-order valence-corrected chi connectivity index (χ1v) is 7.89. The van der Waals surface area contributed by atoms with E-state index in [1.165, 1.54) is 38.5 Å². The van der Waals surface area contributed by atoms with Gasteiger partial charge in [-0.3, -0.25) is 4.18 Å². The van der Waals surface area contributed by atoms with Gasteiger partial charge in [-0.25, -0.2) is 8.42 Å². The minimum atomic E-state index is -4.50. The van der Waals surface area contributed by atoms with Crippen LogP contribution in [0, 0.1) is 5.92 Å². The molecule has 0 aromatic rings. The molecule has 0 radical (unpaired) electrons. The van der Waals surface area contributed by atoms with Crippen LogP contribution in [0.5, 0.6) is 0 Å². The van der Waals surface area contributed by atoms with Crippen molar-refractivity contribution >= 4 is 10.4 Å². The summed E-state index contributed by atoms with van der Waals surface area (Å²) in [4.78, 5) is 0. The van der Waals surface area contributed by atoms with Crippen LogP contribution in [0.2, 0.25) is 0 Å². The molecule has 1 unspecified atom stereocenters. The summed E-state index contributed by atoms with van der Waals surface area (Å²) in [6.45, 7) is 4.38. The van der Waals surface area contributed by atoms with Gasteiger partial charge >= 0.3 is 29.6 Å². The van der Waals surface area contributed by atoms with Crippen LogP contribution in [0.1, 0.15) is 65.2 Å². The molecular formula is C12H25NaO4S. The van der Waals surface area contributed by atoms with E-state index in [2.05, 4.69) is 18.0 Å². The van der Waals surface area contributed by atoms with E-state index in [1.807, 2.05) is 0 Å².